The summed E-state index contributed by atoms with van der Waals surface area (Å²) in [6, 6.07) is 29.4. The van der Waals surface area contributed by atoms with Crippen LogP contribution in [0.1, 0.15) is 0 Å². The lowest BCUT2D eigenvalue weighted by molar-refractivity contribution is 0.387. The van der Waals surface area contributed by atoms with Crippen LogP contribution in [-0.4, -0.2) is 14.4 Å². The first-order valence-corrected chi connectivity index (χ1v) is 12.1. The Morgan fingerprint density at radius 3 is 2.20 bits per heavy atom. The van der Waals surface area contributed by atoms with Crippen LogP contribution in [0.3, 0.4) is 0 Å². The molecule has 0 aliphatic heterocycles. The van der Waals surface area contributed by atoms with E-state index in [4.69, 9.17) is 0 Å². The van der Waals surface area contributed by atoms with Crippen LogP contribution in [0, 0.1) is 3.57 Å². The molecule has 0 spiro atoms. The van der Waals surface area contributed by atoms with Gasteiger partial charge in [0.1, 0.15) is 0 Å². The summed E-state index contributed by atoms with van der Waals surface area (Å²) in [4.78, 5) is 19.1. The monoisotopic (exact) mass is 525 g/mol. The Hall–Kier alpha value is -2.44. The molecule has 1 aromatic heterocycles. The molecule has 0 atom stereocenters. The third-order valence-corrected chi connectivity index (χ3v) is 6.88. The molecule has 4 nitrogen and oxygen atoms in total. The number of hydrogen-bond donors (Lipinski definition) is 2. The number of hydrogen-bond acceptors (Lipinski definition) is 1. The predicted octanol–water partition coefficient (Wildman–Crippen LogP) is 5.86. The molecule has 5 rings (SSSR count). The Morgan fingerprint density at radius 2 is 1.40 bits per heavy atom. The molecule has 0 saturated heterocycles. The molecule has 0 amide bonds. The second kappa shape index (κ2) is 7.36. The highest BCUT2D eigenvalue weighted by atomic mass is 127. The minimum absolute atomic E-state index is 0.0248. The van der Waals surface area contributed by atoms with E-state index in [0.29, 0.717) is 0 Å². The lowest BCUT2D eigenvalue weighted by Gasteiger charge is -2.11. The molecular formula is C24H17INO3P. The molecule has 0 bridgehead atoms. The first kappa shape index (κ1) is 19.5. The fourth-order valence-corrected chi connectivity index (χ4v) is 4.98. The maximum Gasteiger partial charge on any atom is 0.356 e. The van der Waals surface area contributed by atoms with Crippen molar-refractivity contribution in [2.24, 2.45) is 0 Å². The summed E-state index contributed by atoms with van der Waals surface area (Å²) in [5.74, 6) is 0. The molecule has 0 saturated carbocycles. The van der Waals surface area contributed by atoms with Crippen LogP contribution < -0.4 is 5.30 Å². The first-order valence-electron chi connectivity index (χ1n) is 9.37. The van der Waals surface area contributed by atoms with Crippen LogP contribution in [0.4, 0.5) is 0 Å². The van der Waals surface area contributed by atoms with Gasteiger partial charge in [-0.05, 0) is 76.2 Å². The second-order valence-corrected chi connectivity index (χ2v) is 10.0. The first-order chi connectivity index (χ1) is 14.4. The number of nitrogens with zero attached hydrogens (tertiary/aromatic N) is 1. The van der Waals surface area contributed by atoms with Crippen LogP contribution in [-0.2, 0) is 4.57 Å². The normalized spacial score (nSPS) is 12.0. The molecule has 0 fully saturated rings. The molecule has 6 heteroatoms. The van der Waals surface area contributed by atoms with E-state index in [9.17, 15) is 14.4 Å². The fourth-order valence-electron chi connectivity index (χ4n) is 3.91. The number of benzene rings is 4. The van der Waals surface area contributed by atoms with Crippen molar-refractivity contribution in [1.29, 1.82) is 0 Å². The van der Waals surface area contributed by atoms with Crippen molar-refractivity contribution in [3.63, 3.8) is 0 Å². The predicted molar refractivity (Wildman–Crippen MR) is 131 cm³/mol. The average Bonchev–Trinajstić information content (AvgIpc) is 3.07. The van der Waals surface area contributed by atoms with E-state index in [1.807, 2.05) is 30.3 Å². The number of rotatable bonds is 3. The van der Waals surface area contributed by atoms with Crippen molar-refractivity contribution in [2.75, 3.05) is 0 Å². The van der Waals surface area contributed by atoms with Crippen LogP contribution in [0.5, 0.6) is 0 Å². The molecule has 0 aliphatic rings. The van der Waals surface area contributed by atoms with E-state index in [1.165, 1.54) is 16.8 Å². The molecule has 148 valence electrons. The summed E-state index contributed by atoms with van der Waals surface area (Å²) in [7, 11) is -4.30. The van der Waals surface area contributed by atoms with Gasteiger partial charge in [0.25, 0.3) is 0 Å². The maximum absolute atomic E-state index is 11.7. The summed E-state index contributed by atoms with van der Waals surface area (Å²) in [6.07, 6.45) is 0. The van der Waals surface area contributed by atoms with Gasteiger partial charge in [0.05, 0.1) is 16.3 Å². The van der Waals surface area contributed by atoms with E-state index < -0.39 is 7.60 Å². The lowest BCUT2D eigenvalue weighted by Crippen LogP contribution is -2.03. The summed E-state index contributed by atoms with van der Waals surface area (Å²) >= 11 is 2.33. The Kier molecular flexibility index (Phi) is 4.79. The van der Waals surface area contributed by atoms with Crippen molar-refractivity contribution in [1.82, 2.24) is 4.57 Å². The Labute approximate surface area is 187 Å². The van der Waals surface area contributed by atoms with Crippen molar-refractivity contribution in [3.05, 3.63) is 94.6 Å². The zero-order valence-corrected chi connectivity index (χ0v) is 18.8. The Morgan fingerprint density at radius 1 is 0.700 bits per heavy atom. The van der Waals surface area contributed by atoms with E-state index in [2.05, 4.69) is 69.6 Å². The number of aromatic nitrogens is 1. The summed E-state index contributed by atoms with van der Waals surface area (Å²) < 4.78 is 15.1. The topological polar surface area (TPSA) is 62.5 Å². The molecule has 0 aliphatic carbocycles. The molecule has 1 heterocycles. The van der Waals surface area contributed by atoms with E-state index in [-0.39, 0.29) is 5.30 Å². The maximum atomic E-state index is 11.7. The summed E-state index contributed by atoms with van der Waals surface area (Å²) in [5.41, 5.74) is 4.93. The standard InChI is InChI=1S/C24H17INO3P/c25-18-11-12-22-21-9-1-2-10-23(21)26(24(22)15-18)19-7-3-5-16(13-19)17-6-4-8-20(14-17)30(27,28)29/h1-15H,(H2,27,28,29). The molecule has 5 aromatic rings. The van der Waals surface area contributed by atoms with E-state index in [1.54, 1.807) is 12.1 Å². The highest BCUT2D eigenvalue weighted by molar-refractivity contribution is 14.1. The number of para-hydroxylation sites is 1. The lowest BCUT2D eigenvalue weighted by atomic mass is 10.1. The van der Waals surface area contributed by atoms with Gasteiger partial charge in [0.15, 0.2) is 0 Å². The van der Waals surface area contributed by atoms with E-state index >= 15 is 0 Å². The van der Waals surface area contributed by atoms with Gasteiger partial charge in [0.2, 0.25) is 0 Å². The summed E-state index contributed by atoms with van der Waals surface area (Å²) in [6.45, 7) is 0. The Bertz CT molecular complexity index is 1470. The van der Waals surface area contributed by atoms with Gasteiger partial charge >= 0.3 is 7.60 Å². The van der Waals surface area contributed by atoms with Gasteiger partial charge in [-0.2, -0.15) is 0 Å². The van der Waals surface area contributed by atoms with Crippen molar-refractivity contribution < 1.29 is 14.4 Å². The van der Waals surface area contributed by atoms with Crippen LogP contribution in [0.2, 0.25) is 0 Å². The molecule has 4 aromatic carbocycles. The van der Waals surface area contributed by atoms with Crippen molar-refractivity contribution in [2.45, 2.75) is 0 Å². The molecule has 0 unspecified atom stereocenters. The largest absolute Gasteiger partial charge is 0.356 e. The zero-order valence-electron chi connectivity index (χ0n) is 15.7. The van der Waals surface area contributed by atoms with Crippen molar-refractivity contribution in [3.8, 4) is 16.8 Å². The molecule has 30 heavy (non-hydrogen) atoms. The van der Waals surface area contributed by atoms with E-state index in [0.717, 1.165) is 31.4 Å². The minimum Gasteiger partial charge on any atom is -0.321 e. The van der Waals surface area contributed by atoms with Gasteiger partial charge in [-0.1, -0.05) is 48.5 Å². The molecular weight excluding hydrogens is 508 g/mol. The van der Waals surface area contributed by atoms with Gasteiger partial charge in [-0.3, -0.25) is 4.57 Å². The highest BCUT2D eigenvalue weighted by Crippen LogP contribution is 2.36. The molecule has 2 N–H and O–H groups in total. The van der Waals surface area contributed by atoms with Crippen LogP contribution in [0.15, 0.2) is 91.0 Å². The average molecular weight is 525 g/mol. The van der Waals surface area contributed by atoms with Gasteiger partial charge < -0.3 is 14.4 Å². The fraction of sp³-hybridized carbons (Fsp3) is 0. The van der Waals surface area contributed by atoms with Gasteiger partial charge in [-0.25, -0.2) is 0 Å². The third kappa shape index (κ3) is 3.38. The molecule has 0 radical (unpaired) electrons. The number of fused-ring (bicyclic) bond motifs is 3. The number of halogens is 1. The van der Waals surface area contributed by atoms with Crippen LogP contribution in [0.25, 0.3) is 38.6 Å². The quantitative estimate of drug-likeness (QED) is 0.229. The highest BCUT2D eigenvalue weighted by Gasteiger charge is 2.18. The zero-order chi connectivity index (χ0) is 20.9. The third-order valence-electron chi connectivity index (χ3n) is 5.26. The SMILES string of the molecule is O=P(O)(O)c1cccc(-c2cccc(-n3c4ccccc4c4ccc(I)cc43)c2)c1. The van der Waals surface area contributed by atoms with Crippen LogP contribution >= 0.6 is 30.2 Å². The van der Waals surface area contributed by atoms with Crippen molar-refractivity contribution >= 4 is 57.3 Å². The smallest absolute Gasteiger partial charge is 0.321 e. The minimum atomic E-state index is -4.30. The van der Waals surface area contributed by atoms with Gasteiger partial charge in [-0.15, -0.1) is 0 Å². The second-order valence-electron chi connectivity index (χ2n) is 7.16. The van der Waals surface area contributed by atoms with Gasteiger partial charge in [0, 0.05) is 20.0 Å². The summed E-state index contributed by atoms with van der Waals surface area (Å²) in [5, 5.41) is 2.41. The Balaban J connectivity index is 1.75.